The fraction of sp³-hybridized carbons (Fsp3) is 0.217. The standard InChI is InChI=1S/C23H20ClN5O3S/c1-14-12-19(30)21(27-29(14)18-5-3-2-4-16(18)24)22(31)25-15-6-7-17-20(13-15)33-23(26-17)28-8-10-32-11-9-28/h2-7,12-13H,8-11H2,1H3,(H,25,31). The lowest BCUT2D eigenvalue weighted by molar-refractivity contribution is 0.101. The Morgan fingerprint density at radius 1 is 1.15 bits per heavy atom. The first-order valence-electron chi connectivity index (χ1n) is 10.4. The van der Waals surface area contributed by atoms with E-state index in [2.05, 4.69) is 15.3 Å². The first kappa shape index (κ1) is 21.6. The third-order valence-corrected chi connectivity index (χ3v) is 6.72. The number of aryl methyl sites for hydroxylation is 1. The highest BCUT2D eigenvalue weighted by atomic mass is 35.5. The molecule has 0 spiro atoms. The number of hydrogen-bond donors (Lipinski definition) is 1. The smallest absolute Gasteiger partial charge is 0.280 e. The molecule has 4 aromatic rings. The topological polar surface area (TPSA) is 89.3 Å². The van der Waals surface area contributed by atoms with Gasteiger partial charge in [-0.2, -0.15) is 5.10 Å². The third kappa shape index (κ3) is 4.35. The highest BCUT2D eigenvalue weighted by Gasteiger charge is 2.18. The molecule has 8 nitrogen and oxygen atoms in total. The molecule has 0 atom stereocenters. The van der Waals surface area contributed by atoms with Crippen LogP contribution < -0.4 is 15.6 Å². The van der Waals surface area contributed by atoms with Crippen molar-refractivity contribution in [3.05, 3.63) is 75.2 Å². The normalized spacial score (nSPS) is 13.9. The lowest BCUT2D eigenvalue weighted by Gasteiger charge is -2.25. The lowest BCUT2D eigenvalue weighted by Crippen LogP contribution is -2.36. The number of ether oxygens (including phenoxy) is 1. The zero-order valence-electron chi connectivity index (χ0n) is 17.7. The maximum atomic E-state index is 12.9. The summed E-state index contributed by atoms with van der Waals surface area (Å²) in [4.78, 5) is 32.4. The number of nitrogens with one attached hydrogen (secondary N) is 1. The highest BCUT2D eigenvalue weighted by Crippen LogP contribution is 2.31. The molecular weight excluding hydrogens is 462 g/mol. The summed E-state index contributed by atoms with van der Waals surface area (Å²) in [7, 11) is 0. The molecule has 0 radical (unpaired) electrons. The Labute approximate surface area is 198 Å². The predicted octanol–water partition coefficient (Wildman–Crippen LogP) is 3.89. The van der Waals surface area contributed by atoms with Crippen molar-refractivity contribution in [3.63, 3.8) is 0 Å². The van der Waals surface area contributed by atoms with Crippen molar-refractivity contribution in [1.29, 1.82) is 0 Å². The average Bonchev–Trinajstić information content (AvgIpc) is 3.24. The molecule has 1 fully saturated rings. The van der Waals surface area contributed by atoms with E-state index in [1.54, 1.807) is 42.5 Å². The van der Waals surface area contributed by atoms with Crippen LogP contribution in [0.3, 0.4) is 0 Å². The second-order valence-corrected chi connectivity index (χ2v) is 9.01. The molecule has 5 rings (SSSR count). The molecule has 1 aliphatic rings. The Morgan fingerprint density at radius 2 is 1.94 bits per heavy atom. The molecule has 0 bridgehead atoms. The van der Waals surface area contributed by atoms with Crippen molar-refractivity contribution in [2.45, 2.75) is 6.92 Å². The molecule has 1 aliphatic heterocycles. The summed E-state index contributed by atoms with van der Waals surface area (Å²) in [5, 5.41) is 8.49. The van der Waals surface area contributed by atoms with Gasteiger partial charge in [-0.05, 0) is 37.3 Å². The zero-order chi connectivity index (χ0) is 22.9. The van der Waals surface area contributed by atoms with Crippen LogP contribution in [-0.2, 0) is 4.74 Å². The minimum Gasteiger partial charge on any atom is -0.378 e. The molecule has 0 saturated carbocycles. The van der Waals surface area contributed by atoms with Gasteiger partial charge < -0.3 is 15.0 Å². The summed E-state index contributed by atoms with van der Waals surface area (Å²) >= 11 is 7.85. The maximum absolute atomic E-state index is 12.9. The number of carbonyl (C=O) groups excluding carboxylic acids is 1. The third-order valence-electron chi connectivity index (χ3n) is 5.32. The van der Waals surface area contributed by atoms with Crippen LogP contribution in [0.1, 0.15) is 16.2 Å². The van der Waals surface area contributed by atoms with E-state index in [1.807, 2.05) is 18.2 Å². The van der Waals surface area contributed by atoms with Gasteiger partial charge in [-0.3, -0.25) is 9.59 Å². The Hall–Kier alpha value is -3.27. The Morgan fingerprint density at radius 3 is 2.73 bits per heavy atom. The first-order chi connectivity index (χ1) is 16.0. The number of nitrogens with zero attached hydrogens (tertiary/aromatic N) is 4. The van der Waals surface area contributed by atoms with Crippen LogP contribution in [0.5, 0.6) is 0 Å². The van der Waals surface area contributed by atoms with Gasteiger partial charge >= 0.3 is 0 Å². The number of fused-ring (bicyclic) bond motifs is 1. The van der Waals surface area contributed by atoms with Gasteiger partial charge in [-0.25, -0.2) is 9.67 Å². The van der Waals surface area contributed by atoms with Crippen molar-refractivity contribution < 1.29 is 9.53 Å². The van der Waals surface area contributed by atoms with Gasteiger partial charge in [0.05, 0.1) is 34.1 Å². The largest absolute Gasteiger partial charge is 0.378 e. The first-order valence-corrected chi connectivity index (χ1v) is 11.6. The summed E-state index contributed by atoms with van der Waals surface area (Å²) in [5.41, 5.74) is 1.92. The van der Waals surface area contributed by atoms with Crippen LogP contribution in [0, 0.1) is 6.92 Å². The fourth-order valence-electron chi connectivity index (χ4n) is 3.64. The van der Waals surface area contributed by atoms with Gasteiger partial charge in [-0.15, -0.1) is 0 Å². The second kappa shape index (κ2) is 8.93. The Balaban J connectivity index is 1.43. The van der Waals surface area contributed by atoms with Crippen LogP contribution in [0.4, 0.5) is 10.8 Å². The van der Waals surface area contributed by atoms with Gasteiger partial charge in [0.1, 0.15) is 0 Å². The molecule has 10 heteroatoms. The number of morpholine rings is 1. The molecule has 0 aliphatic carbocycles. The number of benzene rings is 2. The van der Waals surface area contributed by atoms with Crippen LogP contribution in [0.2, 0.25) is 5.02 Å². The number of thiazole rings is 1. The SMILES string of the molecule is Cc1cc(=O)c(C(=O)Nc2ccc3nc(N4CCOCC4)sc3c2)nn1-c1ccccc1Cl. The van der Waals surface area contributed by atoms with Crippen LogP contribution >= 0.6 is 22.9 Å². The monoisotopic (exact) mass is 481 g/mol. The van der Waals surface area contributed by atoms with Crippen molar-refractivity contribution in [3.8, 4) is 5.69 Å². The summed E-state index contributed by atoms with van der Waals surface area (Å²) in [6, 6.07) is 14.0. The number of aromatic nitrogens is 3. The minimum atomic E-state index is -0.585. The van der Waals surface area contributed by atoms with E-state index >= 15 is 0 Å². The number of amides is 1. The van der Waals surface area contributed by atoms with Crippen LogP contribution in [0.25, 0.3) is 15.9 Å². The summed E-state index contributed by atoms with van der Waals surface area (Å²) in [5.74, 6) is -0.585. The van der Waals surface area contributed by atoms with Crippen molar-refractivity contribution in [1.82, 2.24) is 14.8 Å². The van der Waals surface area contributed by atoms with Crippen LogP contribution in [0.15, 0.2) is 53.3 Å². The molecule has 0 unspecified atom stereocenters. The van der Waals surface area contributed by atoms with E-state index in [1.165, 1.54) is 10.7 Å². The van der Waals surface area contributed by atoms with Gasteiger partial charge in [-0.1, -0.05) is 35.1 Å². The number of anilines is 2. The summed E-state index contributed by atoms with van der Waals surface area (Å²) in [6.45, 7) is 4.72. The molecule has 3 heterocycles. The molecule has 2 aromatic carbocycles. The predicted molar refractivity (Wildman–Crippen MR) is 130 cm³/mol. The van der Waals surface area contributed by atoms with Gasteiger partial charge in [0, 0.05) is 30.5 Å². The number of rotatable bonds is 4. The number of halogens is 1. The van der Waals surface area contributed by atoms with Crippen LogP contribution in [-0.4, -0.2) is 47.0 Å². The van der Waals surface area contributed by atoms with Gasteiger partial charge in [0.25, 0.3) is 5.91 Å². The highest BCUT2D eigenvalue weighted by molar-refractivity contribution is 7.22. The van der Waals surface area contributed by atoms with Gasteiger partial charge in [0.15, 0.2) is 10.8 Å². The second-order valence-electron chi connectivity index (χ2n) is 7.59. The number of carbonyl (C=O) groups is 1. The van der Waals surface area contributed by atoms with E-state index in [-0.39, 0.29) is 5.69 Å². The van der Waals surface area contributed by atoms with Crippen molar-refractivity contribution in [2.24, 2.45) is 0 Å². The number of hydrogen-bond acceptors (Lipinski definition) is 7. The Bertz CT molecular complexity index is 1410. The van der Waals surface area contributed by atoms with Crippen molar-refractivity contribution >= 4 is 49.9 Å². The van der Waals surface area contributed by atoms with E-state index in [4.69, 9.17) is 21.3 Å². The molecule has 1 saturated heterocycles. The van der Waals surface area contributed by atoms with E-state index in [0.717, 1.165) is 28.4 Å². The molecule has 1 amide bonds. The molecular formula is C23H20ClN5O3S. The minimum absolute atomic E-state index is 0.209. The lowest BCUT2D eigenvalue weighted by atomic mass is 10.2. The van der Waals surface area contributed by atoms with E-state index < -0.39 is 11.3 Å². The maximum Gasteiger partial charge on any atom is 0.280 e. The van der Waals surface area contributed by atoms with E-state index in [0.29, 0.717) is 35.3 Å². The van der Waals surface area contributed by atoms with E-state index in [9.17, 15) is 9.59 Å². The quantitative estimate of drug-likeness (QED) is 0.475. The zero-order valence-corrected chi connectivity index (χ0v) is 19.3. The molecule has 2 aromatic heterocycles. The van der Waals surface area contributed by atoms with Crippen molar-refractivity contribution in [2.75, 3.05) is 36.5 Å². The average molecular weight is 482 g/mol. The number of para-hydroxylation sites is 1. The molecule has 33 heavy (non-hydrogen) atoms. The summed E-state index contributed by atoms with van der Waals surface area (Å²) in [6.07, 6.45) is 0. The molecule has 1 N–H and O–H groups in total. The van der Waals surface area contributed by atoms with Gasteiger partial charge in [0.2, 0.25) is 5.43 Å². The summed E-state index contributed by atoms with van der Waals surface area (Å²) < 4.78 is 7.85. The molecule has 168 valence electrons. The fourth-order valence-corrected chi connectivity index (χ4v) is 4.91. The Kier molecular flexibility index (Phi) is 5.84.